The average molecular weight is 303 g/mol. The molecule has 0 aliphatic heterocycles. The van der Waals surface area contributed by atoms with E-state index >= 15 is 0 Å². The van der Waals surface area contributed by atoms with Crippen molar-refractivity contribution < 1.29 is 9.90 Å². The Kier molecular flexibility index (Phi) is 3.78. The van der Waals surface area contributed by atoms with E-state index in [-0.39, 0.29) is 36.2 Å². The number of aliphatic hydroxyl groups is 1. The first-order chi connectivity index (χ1) is 10.5. The number of benzene rings is 1. The molecule has 3 N–H and O–H groups in total. The molecule has 2 aromatic rings. The number of aliphatic hydroxyl groups excluding tert-OH is 1. The third kappa shape index (κ3) is 2.54. The van der Waals surface area contributed by atoms with E-state index in [0.717, 1.165) is 30.3 Å². The highest BCUT2D eigenvalue weighted by Crippen LogP contribution is 2.37. The van der Waals surface area contributed by atoms with Crippen LogP contribution in [0.3, 0.4) is 0 Å². The van der Waals surface area contributed by atoms with E-state index in [9.17, 15) is 14.7 Å². The largest absolute Gasteiger partial charge is 0.396 e. The van der Waals surface area contributed by atoms with E-state index in [1.165, 1.54) is 4.57 Å². The monoisotopic (exact) mass is 303 g/mol. The van der Waals surface area contributed by atoms with Gasteiger partial charge in [-0.25, -0.2) is 4.79 Å². The Morgan fingerprint density at radius 2 is 2.27 bits per heavy atom. The third-order valence-corrected chi connectivity index (χ3v) is 4.76. The van der Waals surface area contributed by atoms with Crippen LogP contribution in [-0.2, 0) is 11.3 Å². The number of aromatic amines is 1. The maximum atomic E-state index is 12.3. The molecule has 0 spiro atoms. The molecule has 2 atom stereocenters. The number of nitrogens with zero attached hydrogens (tertiary/aromatic N) is 1. The topological polar surface area (TPSA) is 87.1 Å². The second kappa shape index (κ2) is 5.61. The van der Waals surface area contributed by atoms with E-state index in [0.29, 0.717) is 0 Å². The fourth-order valence-electron chi connectivity index (χ4n) is 3.32. The molecule has 1 fully saturated rings. The van der Waals surface area contributed by atoms with Gasteiger partial charge >= 0.3 is 5.69 Å². The van der Waals surface area contributed by atoms with Gasteiger partial charge in [-0.1, -0.05) is 25.5 Å². The predicted octanol–water partition coefficient (Wildman–Crippen LogP) is 0.997. The lowest BCUT2D eigenvalue weighted by Gasteiger charge is -2.30. The summed E-state index contributed by atoms with van der Waals surface area (Å²) in [7, 11) is 0. The summed E-state index contributed by atoms with van der Waals surface area (Å²) in [5.74, 6) is -0.196. The van der Waals surface area contributed by atoms with Gasteiger partial charge < -0.3 is 15.4 Å². The number of carbonyl (C=O) groups is 1. The van der Waals surface area contributed by atoms with Crippen LogP contribution in [0.2, 0.25) is 0 Å². The standard InChI is InChI=1S/C16H21N3O3/c1-16(10-20)8-4-7-13(16)18-14(21)9-19-12-6-3-2-5-11(12)17-15(19)22/h2-3,5-6,13,20H,4,7-10H2,1H3,(H,17,22)(H,18,21). The van der Waals surface area contributed by atoms with Crippen molar-refractivity contribution in [1.29, 1.82) is 0 Å². The second-order valence-corrected chi connectivity index (χ2v) is 6.36. The van der Waals surface area contributed by atoms with Crippen LogP contribution in [0, 0.1) is 5.41 Å². The molecule has 1 aromatic heterocycles. The minimum absolute atomic E-state index is 0.0130. The zero-order chi connectivity index (χ0) is 15.7. The minimum Gasteiger partial charge on any atom is -0.396 e. The molecule has 1 heterocycles. The Balaban J connectivity index is 1.77. The molecule has 0 saturated heterocycles. The summed E-state index contributed by atoms with van der Waals surface area (Å²) in [5, 5.41) is 12.5. The van der Waals surface area contributed by atoms with E-state index < -0.39 is 0 Å². The van der Waals surface area contributed by atoms with Gasteiger partial charge in [0.05, 0.1) is 17.6 Å². The Morgan fingerprint density at radius 3 is 3.05 bits per heavy atom. The number of imidazole rings is 1. The molecule has 1 amide bonds. The molecule has 6 nitrogen and oxygen atoms in total. The van der Waals surface area contributed by atoms with Crippen LogP contribution >= 0.6 is 0 Å². The van der Waals surface area contributed by atoms with Crippen molar-refractivity contribution in [2.24, 2.45) is 5.41 Å². The highest BCUT2D eigenvalue weighted by Gasteiger charge is 2.39. The summed E-state index contributed by atoms with van der Waals surface area (Å²) < 4.78 is 1.44. The fraction of sp³-hybridized carbons (Fsp3) is 0.500. The van der Waals surface area contributed by atoms with Gasteiger partial charge in [0.15, 0.2) is 0 Å². The van der Waals surface area contributed by atoms with E-state index in [4.69, 9.17) is 0 Å². The molecule has 0 bridgehead atoms. The molecule has 6 heteroatoms. The van der Waals surface area contributed by atoms with E-state index in [1.54, 1.807) is 0 Å². The maximum Gasteiger partial charge on any atom is 0.326 e. The number of fused-ring (bicyclic) bond motifs is 1. The number of carbonyl (C=O) groups excluding carboxylic acids is 1. The first kappa shape index (κ1) is 14.8. The van der Waals surface area contributed by atoms with Crippen molar-refractivity contribution in [3.63, 3.8) is 0 Å². The van der Waals surface area contributed by atoms with Gasteiger partial charge in [-0.05, 0) is 25.0 Å². The summed E-state index contributed by atoms with van der Waals surface area (Å²) in [6.45, 7) is 2.04. The summed E-state index contributed by atoms with van der Waals surface area (Å²) in [5.41, 5.74) is 0.897. The van der Waals surface area contributed by atoms with Gasteiger partial charge in [0.2, 0.25) is 5.91 Å². The molecule has 1 aliphatic rings. The van der Waals surface area contributed by atoms with Gasteiger partial charge in [-0.3, -0.25) is 9.36 Å². The smallest absolute Gasteiger partial charge is 0.326 e. The fourth-order valence-corrected chi connectivity index (χ4v) is 3.32. The van der Waals surface area contributed by atoms with Crippen LogP contribution in [0.15, 0.2) is 29.1 Å². The normalized spacial score (nSPS) is 24.7. The maximum absolute atomic E-state index is 12.3. The van der Waals surface area contributed by atoms with Crippen LogP contribution < -0.4 is 11.0 Å². The molecule has 0 radical (unpaired) electrons. The quantitative estimate of drug-likeness (QED) is 0.787. The first-order valence-electron chi connectivity index (χ1n) is 7.61. The summed E-state index contributed by atoms with van der Waals surface area (Å²) in [4.78, 5) is 27.0. The van der Waals surface area contributed by atoms with Crippen LogP contribution in [0.25, 0.3) is 11.0 Å². The second-order valence-electron chi connectivity index (χ2n) is 6.36. The van der Waals surface area contributed by atoms with Gasteiger partial charge in [0, 0.05) is 11.5 Å². The van der Waals surface area contributed by atoms with E-state index in [1.807, 2.05) is 31.2 Å². The van der Waals surface area contributed by atoms with Gasteiger partial charge in [0.1, 0.15) is 6.54 Å². The zero-order valence-electron chi connectivity index (χ0n) is 12.6. The number of H-pyrrole nitrogens is 1. The van der Waals surface area contributed by atoms with Gasteiger partial charge in [-0.2, -0.15) is 0 Å². The van der Waals surface area contributed by atoms with Crippen molar-refractivity contribution in [3.05, 3.63) is 34.7 Å². The van der Waals surface area contributed by atoms with Gasteiger partial charge in [0.25, 0.3) is 0 Å². The predicted molar refractivity (Wildman–Crippen MR) is 83.5 cm³/mol. The number of hydrogen-bond donors (Lipinski definition) is 3. The zero-order valence-corrected chi connectivity index (χ0v) is 12.6. The summed E-state index contributed by atoms with van der Waals surface area (Å²) in [6, 6.07) is 7.27. The third-order valence-electron chi connectivity index (χ3n) is 4.76. The number of aromatic nitrogens is 2. The number of hydrogen-bond acceptors (Lipinski definition) is 3. The van der Waals surface area contributed by atoms with Crippen LogP contribution in [0.1, 0.15) is 26.2 Å². The van der Waals surface area contributed by atoms with Crippen molar-refractivity contribution in [2.45, 2.75) is 38.8 Å². The molecule has 1 aromatic carbocycles. The molecule has 1 saturated carbocycles. The Hall–Kier alpha value is -2.08. The lowest BCUT2D eigenvalue weighted by Crippen LogP contribution is -2.46. The lowest BCUT2D eigenvalue weighted by molar-refractivity contribution is -0.123. The molecular weight excluding hydrogens is 282 g/mol. The Bertz CT molecular complexity index is 748. The molecule has 22 heavy (non-hydrogen) atoms. The Morgan fingerprint density at radius 1 is 1.50 bits per heavy atom. The minimum atomic E-state index is -0.285. The van der Waals surface area contributed by atoms with Crippen molar-refractivity contribution in [2.75, 3.05) is 6.61 Å². The molecule has 1 aliphatic carbocycles. The van der Waals surface area contributed by atoms with Gasteiger partial charge in [-0.15, -0.1) is 0 Å². The molecular formula is C16H21N3O3. The van der Waals surface area contributed by atoms with Crippen molar-refractivity contribution in [3.8, 4) is 0 Å². The van der Waals surface area contributed by atoms with Crippen molar-refractivity contribution >= 4 is 16.9 Å². The summed E-state index contributed by atoms with van der Waals surface area (Å²) >= 11 is 0. The number of para-hydroxylation sites is 2. The SMILES string of the molecule is CC1(CO)CCCC1NC(=O)Cn1c(=O)[nH]c2ccccc21. The van der Waals surface area contributed by atoms with E-state index in [2.05, 4.69) is 10.3 Å². The van der Waals surface area contributed by atoms with Crippen LogP contribution in [0.4, 0.5) is 0 Å². The van der Waals surface area contributed by atoms with Crippen LogP contribution in [-0.4, -0.2) is 33.2 Å². The first-order valence-corrected chi connectivity index (χ1v) is 7.61. The highest BCUT2D eigenvalue weighted by atomic mass is 16.3. The Labute approximate surface area is 128 Å². The average Bonchev–Trinajstić information content (AvgIpc) is 3.01. The summed E-state index contributed by atoms with van der Waals surface area (Å²) in [6.07, 6.45) is 2.77. The number of nitrogens with one attached hydrogen (secondary N) is 2. The molecule has 2 unspecified atom stereocenters. The van der Waals surface area contributed by atoms with Crippen molar-refractivity contribution in [1.82, 2.24) is 14.9 Å². The number of rotatable bonds is 4. The number of amides is 1. The molecule has 118 valence electrons. The lowest BCUT2D eigenvalue weighted by atomic mass is 9.86. The highest BCUT2D eigenvalue weighted by molar-refractivity contribution is 5.80. The van der Waals surface area contributed by atoms with Crippen LogP contribution in [0.5, 0.6) is 0 Å². The molecule has 3 rings (SSSR count).